The van der Waals surface area contributed by atoms with Gasteiger partial charge in [-0.25, -0.2) is 4.39 Å². The van der Waals surface area contributed by atoms with Crippen LogP contribution in [-0.4, -0.2) is 10.3 Å². The van der Waals surface area contributed by atoms with Gasteiger partial charge in [0.25, 0.3) is 0 Å². The highest BCUT2D eigenvalue weighted by Gasteiger charge is 2.31. The van der Waals surface area contributed by atoms with Gasteiger partial charge in [-0.3, -0.25) is 0 Å². The fourth-order valence-corrected chi connectivity index (χ4v) is 4.28. The van der Waals surface area contributed by atoms with E-state index in [0.717, 1.165) is 28.2 Å². The smallest absolute Gasteiger partial charge is 0.406 e. The lowest BCUT2D eigenvalue weighted by Gasteiger charge is -2.25. The molecular weight excluding hydrogens is 471 g/mol. The van der Waals surface area contributed by atoms with E-state index in [1.54, 1.807) is 12.1 Å². The minimum atomic E-state index is -4.73. The molecule has 0 spiro atoms. The quantitative estimate of drug-likeness (QED) is 0.242. The molecule has 0 amide bonds. The largest absolute Gasteiger partial charge is 0.573 e. The Morgan fingerprint density at radius 2 is 1.63 bits per heavy atom. The van der Waals surface area contributed by atoms with Crippen molar-refractivity contribution in [2.45, 2.75) is 48.8 Å². The topological polar surface area (TPSA) is 9.23 Å². The molecular formula is C21H21F4IO. The maximum atomic E-state index is 14.5. The van der Waals surface area contributed by atoms with E-state index in [9.17, 15) is 17.6 Å². The van der Waals surface area contributed by atoms with E-state index in [2.05, 4.69) is 27.3 Å². The van der Waals surface area contributed by atoms with Crippen molar-refractivity contribution >= 4 is 22.6 Å². The molecule has 0 bridgehead atoms. The fourth-order valence-electron chi connectivity index (χ4n) is 3.57. The van der Waals surface area contributed by atoms with Crippen molar-refractivity contribution in [1.29, 1.82) is 0 Å². The molecule has 1 aliphatic carbocycles. The summed E-state index contributed by atoms with van der Waals surface area (Å²) in [6.45, 7) is 0. The first-order chi connectivity index (χ1) is 12.8. The summed E-state index contributed by atoms with van der Waals surface area (Å²) in [7, 11) is 0. The van der Waals surface area contributed by atoms with Crippen LogP contribution in [0.5, 0.6) is 5.75 Å². The number of aryl methyl sites for hydroxylation is 1. The molecule has 0 aliphatic heterocycles. The minimum absolute atomic E-state index is 0.315. The molecule has 0 saturated heterocycles. The monoisotopic (exact) mass is 492 g/mol. The molecule has 1 aliphatic rings. The van der Waals surface area contributed by atoms with Crippen LogP contribution in [0.3, 0.4) is 0 Å². The van der Waals surface area contributed by atoms with Crippen LogP contribution in [0.2, 0.25) is 0 Å². The molecule has 0 heterocycles. The number of hydrogen-bond donors (Lipinski definition) is 0. The van der Waals surface area contributed by atoms with Gasteiger partial charge in [-0.15, -0.1) is 13.2 Å². The molecule has 1 nitrogen and oxygen atoms in total. The van der Waals surface area contributed by atoms with Crippen LogP contribution in [-0.2, 0) is 6.42 Å². The third-order valence-corrected chi connectivity index (χ3v) is 6.30. The maximum absolute atomic E-state index is 14.5. The summed E-state index contributed by atoms with van der Waals surface area (Å²) in [6.07, 6.45) is 2.24. The highest BCUT2D eigenvalue weighted by molar-refractivity contribution is 14.1. The van der Waals surface area contributed by atoms with Crippen molar-refractivity contribution in [1.82, 2.24) is 0 Å². The standard InChI is InChI=1S/C21H21F4IO/c22-20-13-15(2-1-14-3-8-17(26)9-4-14)5-12-19(20)16-6-10-18(11-7-16)27-21(23,24)25/h5-7,10-14,17H,1-4,8-9H2. The lowest BCUT2D eigenvalue weighted by molar-refractivity contribution is -0.274. The second kappa shape index (κ2) is 8.80. The van der Waals surface area contributed by atoms with Crippen LogP contribution in [0.15, 0.2) is 42.5 Å². The Balaban J connectivity index is 1.62. The van der Waals surface area contributed by atoms with E-state index < -0.39 is 6.36 Å². The normalized spacial score (nSPS) is 20.5. The number of rotatable bonds is 5. The molecule has 2 aromatic rings. The van der Waals surface area contributed by atoms with Gasteiger partial charge in [0, 0.05) is 9.49 Å². The summed E-state index contributed by atoms with van der Waals surface area (Å²) >= 11 is 2.52. The Kier molecular flexibility index (Phi) is 6.65. The summed E-state index contributed by atoms with van der Waals surface area (Å²) in [5, 5.41) is 0. The Morgan fingerprint density at radius 3 is 2.22 bits per heavy atom. The van der Waals surface area contributed by atoms with Gasteiger partial charge in [-0.1, -0.05) is 46.9 Å². The molecule has 0 unspecified atom stereocenters. The van der Waals surface area contributed by atoms with Crippen molar-refractivity contribution in [2.24, 2.45) is 5.92 Å². The molecule has 0 radical (unpaired) electrons. The van der Waals surface area contributed by atoms with Gasteiger partial charge >= 0.3 is 6.36 Å². The predicted octanol–water partition coefficient (Wildman–Crippen LogP) is 7.32. The van der Waals surface area contributed by atoms with Crippen molar-refractivity contribution in [3.05, 3.63) is 53.8 Å². The van der Waals surface area contributed by atoms with E-state index in [4.69, 9.17) is 0 Å². The molecule has 1 fully saturated rings. The molecule has 2 aromatic carbocycles. The van der Waals surface area contributed by atoms with Gasteiger partial charge in [0.2, 0.25) is 0 Å². The zero-order valence-corrected chi connectivity index (χ0v) is 16.9. The van der Waals surface area contributed by atoms with Crippen LogP contribution >= 0.6 is 22.6 Å². The Hall–Kier alpha value is -1.31. The summed E-state index contributed by atoms with van der Waals surface area (Å²) < 4.78 is 55.8. The average molecular weight is 492 g/mol. The van der Waals surface area contributed by atoms with E-state index in [0.29, 0.717) is 11.1 Å². The SMILES string of the molecule is Fc1cc(CCC2CCC(I)CC2)ccc1-c1ccc(OC(F)(F)F)cc1. The van der Waals surface area contributed by atoms with Crippen molar-refractivity contribution in [3.63, 3.8) is 0 Å². The van der Waals surface area contributed by atoms with Gasteiger partial charge in [-0.2, -0.15) is 0 Å². The number of benzene rings is 2. The number of alkyl halides is 4. The third-order valence-electron chi connectivity index (χ3n) is 5.05. The Morgan fingerprint density at radius 1 is 0.963 bits per heavy atom. The lowest BCUT2D eigenvalue weighted by atomic mass is 9.85. The molecule has 0 atom stereocenters. The summed E-state index contributed by atoms with van der Waals surface area (Å²) in [6, 6.07) is 10.4. The molecule has 0 N–H and O–H groups in total. The first-order valence-corrected chi connectivity index (χ1v) is 10.3. The van der Waals surface area contributed by atoms with E-state index >= 15 is 0 Å². The first kappa shape index (κ1) is 20.4. The maximum Gasteiger partial charge on any atom is 0.573 e. The number of hydrogen-bond acceptors (Lipinski definition) is 1. The van der Waals surface area contributed by atoms with Crippen LogP contribution < -0.4 is 4.74 Å². The van der Waals surface area contributed by atoms with Gasteiger partial charge in [0.05, 0.1) is 0 Å². The highest BCUT2D eigenvalue weighted by Crippen LogP contribution is 2.32. The average Bonchev–Trinajstić information content (AvgIpc) is 2.61. The second-order valence-electron chi connectivity index (χ2n) is 7.04. The van der Waals surface area contributed by atoms with Crippen LogP contribution in [0.1, 0.15) is 37.7 Å². The fraction of sp³-hybridized carbons (Fsp3) is 0.429. The number of ether oxygens (including phenoxy) is 1. The summed E-state index contributed by atoms with van der Waals surface area (Å²) in [5.74, 6) is 0.0531. The Bertz CT molecular complexity index is 750. The van der Waals surface area contributed by atoms with Crippen molar-refractivity contribution in [2.75, 3.05) is 0 Å². The van der Waals surface area contributed by atoms with Crippen LogP contribution in [0.4, 0.5) is 17.6 Å². The van der Waals surface area contributed by atoms with E-state index in [1.165, 1.54) is 49.9 Å². The predicted molar refractivity (Wildman–Crippen MR) is 107 cm³/mol. The molecule has 27 heavy (non-hydrogen) atoms. The molecule has 1 saturated carbocycles. The third kappa shape index (κ3) is 6.09. The van der Waals surface area contributed by atoms with Gasteiger partial charge in [-0.05, 0) is 73.8 Å². The molecule has 3 rings (SSSR count). The second-order valence-corrected chi connectivity index (χ2v) is 8.80. The number of halogens is 5. The van der Waals surface area contributed by atoms with Crippen LogP contribution in [0.25, 0.3) is 11.1 Å². The lowest BCUT2D eigenvalue weighted by Crippen LogP contribution is -2.16. The molecule has 146 valence electrons. The Labute approximate surface area is 170 Å². The zero-order chi connectivity index (χ0) is 19.4. The van der Waals surface area contributed by atoms with Gasteiger partial charge in [0.1, 0.15) is 11.6 Å². The van der Waals surface area contributed by atoms with Gasteiger partial charge < -0.3 is 4.74 Å². The summed E-state index contributed by atoms with van der Waals surface area (Å²) in [5.41, 5.74) is 1.86. The van der Waals surface area contributed by atoms with Crippen molar-refractivity contribution < 1.29 is 22.3 Å². The van der Waals surface area contributed by atoms with Crippen LogP contribution in [0, 0.1) is 11.7 Å². The summed E-state index contributed by atoms with van der Waals surface area (Å²) in [4.78, 5) is 0. The van der Waals surface area contributed by atoms with Crippen molar-refractivity contribution in [3.8, 4) is 16.9 Å². The van der Waals surface area contributed by atoms with Gasteiger partial charge in [0.15, 0.2) is 0 Å². The highest BCUT2D eigenvalue weighted by atomic mass is 127. The first-order valence-electron chi connectivity index (χ1n) is 9.09. The zero-order valence-electron chi connectivity index (χ0n) is 14.7. The van der Waals surface area contributed by atoms with E-state index in [-0.39, 0.29) is 11.6 Å². The molecule has 6 heteroatoms. The minimum Gasteiger partial charge on any atom is -0.406 e. The molecule has 0 aromatic heterocycles. The van der Waals surface area contributed by atoms with E-state index in [1.807, 2.05) is 6.07 Å².